The third kappa shape index (κ3) is 3.73. The highest BCUT2D eigenvalue weighted by Crippen LogP contribution is 2.33. The molecule has 0 bridgehead atoms. The van der Waals surface area contributed by atoms with Gasteiger partial charge in [0.2, 0.25) is 0 Å². The van der Waals surface area contributed by atoms with Crippen LogP contribution in [0.5, 0.6) is 0 Å². The SMILES string of the molecule is CNC(c1ccc(Cl)cc1)C1CCCCCCC1. The molecule has 100 valence electrons. The lowest BCUT2D eigenvalue weighted by Crippen LogP contribution is -2.26. The van der Waals surface area contributed by atoms with E-state index in [1.807, 2.05) is 12.1 Å². The van der Waals surface area contributed by atoms with Crippen LogP contribution in [-0.4, -0.2) is 7.05 Å². The van der Waals surface area contributed by atoms with Gasteiger partial charge in [-0.15, -0.1) is 0 Å². The first kappa shape index (κ1) is 13.9. The maximum Gasteiger partial charge on any atom is 0.0406 e. The number of hydrogen-bond acceptors (Lipinski definition) is 1. The molecule has 18 heavy (non-hydrogen) atoms. The second kappa shape index (κ2) is 7.16. The first-order valence-electron chi connectivity index (χ1n) is 7.24. The largest absolute Gasteiger partial charge is 0.313 e. The van der Waals surface area contributed by atoms with Gasteiger partial charge in [-0.1, -0.05) is 55.8 Å². The van der Waals surface area contributed by atoms with Crippen LogP contribution < -0.4 is 5.32 Å². The minimum Gasteiger partial charge on any atom is -0.313 e. The molecule has 1 aromatic carbocycles. The maximum absolute atomic E-state index is 5.97. The molecule has 1 nitrogen and oxygen atoms in total. The minimum absolute atomic E-state index is 0.486. The van der Waals surface area contributed by atoms with E-state index in [0.717, 1.165) is 10.9 Å². The van der Waals surface area contributed by atoms with Crippen molar-refractivity contribution in [2.24, 2.45) is 5.92 Å². The summed E-state index contributed by atoms with van der Waals surface area (Å²) in [5, 5.41) is 4.34. The summed E-state index contributed by atoms with van der Waals surface area (Å²) in [6, 6.07) is 8.83. The van der Waals surface area contributed by atoms with Gasteiger partial charge in [0.05, 0.1) is 0 Å². The summed E-state index contributed by atoms with van der Waals surface area (Å²) in [6.07, 6.45) is 9.73. The Hall–Kier alpha value is -0.530. The molecular formula is C16H24ClN. The Morgan fingerprint density at radius 3 is 2.11 bits per heavy atom. The summed E-state index contributed by atoms with van der Waals surface area (Å²) in [5.74, 6) is 0.775. The molecule has 0 radical (unpaired) electrons. The van der Waals surface area contributed by atoms with Crippen molar-refractivity contribution in [2.45, 2.75) is 51.0 Å². The van der Waals surface area contributed by atoms with E-state index < -0.39 is 0 Å². The molecule has 1 fully saturated rings. The summed E-state index contributed by atoms with van der Waals surface area (Å²) in [4.78, 5) is 0. The van der Waals surface area contributed by atoms with E-state index >= 15 is 0 Å². The van der Waals surface area contributed by atoms with E-state index in [-0.39, 0.29) is 0 Å². The zero-order valence-electron chi connectivity index (χ0n) is 11.3. The van der Waals surface area contributed by atoms with E-state index in [1.165, 1.54) is 50.5 Å². The molecule has 0 spiro atoms. The molecule has 1 saturated carbocycles. The molecule has 0 saturated heterocycles. The Morgan fingerprint density at radius 1 is 1.00 bits per heavy atom. The second-order valence-corrected chi connectivity index (χ2v) is 5.86. The van der Waals surface area contributed by atoms with E-state index in [2.05, 4.69) is 24.5 Å². The molecule has 1 aliphatic carbocycles. The van der Waals surface area contributed by atoms with Crippen molar-refractivity contribution >= 4 is 11.6 Å². The van der Waals surface area contributed by atoms with Crippen LogP contribution in [0.25, 0.3) is 0 Å². The van der Waals surface area contributed by atoms with Gasteiger partial charge in [0, 0.05) is 11.1 Å². The molecule has 1 aliphatic rings. The van der Waals surface area contributed by atoms with E-state index in [0.29, 0.717) is 6.04 Å². The van der Waals surface area contributed by atoms with Crippen molar-refractivity contribution < 1.29 is 0 Å². The highest BCUT2D eigenvalue weighted by atomic mass is 35.5. The predicted octanol–water partition coefficient (Wildman–Crippen LogP) is 4.96. The first-order chi connectivity index (χ1) is 8.81. The van der Waals surface area contributed by atoms with Crippen LogP contribution in [0, 0.1) is 5.92 Å². The number of benzene rings is 1. The highest BCUT2D eigenvalue weighted by molar-refractivity contribution is 6.30. The van der Waals surface area contributed by atoms with Gasteiger partial charge in [0.15, 0.2) is 0 Å². The van der Waals surface area contributed by atoms with Gasteiger partial charge in [-0.05, 0) is 43.5 Å². The normalized spacial score (nSPS) is 20.1. The van der Waals surface area contributed by atoms with Crippen LogP contribution in [0.15, 0.2) is 24.3 Å². The number of rotatable bonds is 3. The molecule has 0 aromatic heterocycles. The van der Waals surface area contributed by atoms with Crippen molar-refractivity contribution in [3.8, 4) is 0 Å². The molecule has 2 heteroatoms. The van der Waals surface area contributed by atoms with Crippen LogP contribution in [0.1, 0.15) is 56.6 Å². The van der Waals surface area contributed by atoms with Crippen molar-refractivity contribution in [3.05, 3.63) is 34.9 Å². The Balaban J connectivity index is 2.08. The summed E-state index contributed by atoms with van der Waals surface area (Å²) < 4.78 is 0. The molecule has 0 amide bonds. The smallest absolute Gasteiger partial charge is 0.0406 e. The molecular weight excluding hydrogens is 242 g/mol. The average molecular weight is 266 g/mol. The van der Waals surface area contributed by atoms with Gasteiger partial charge >= 0.3 is 0 Å². The van der Waals surface area contributed by atoms with Crippen LogP contribution in [-0.2, 0) is 0 Å². The molecule has 0 aliphatic heterocycles. The molecule has 0 heterocycles. The van der Waals surface area contributed by atoms with Crippen molar-refractivity contribution in [3.63, 3.8) is 0 Å². The van der Waals surface area contributed by atoms with Crippen LogP contribution in [0.4, 0.5) is 0 Å². The molecule has 1 atom stereocenters. The van der Waals surface area contributed by atoms with E-state index in [4.69, 9.17) is 11.6 Å². The van der Waals surface area contributed by atoms with Crippen LogP contribution in [0.3, 0.4) is 0 Å². The Bertz CT molecular complexity index is 339. The standard InChI is InChI=1S/C16H24ClN/c1-18-16(14-9-11-15(17)12-10-14)13-7-5-3-2-4-6-8-13/h9-13,16,18H,2-8H2,1H3. The minimum atomic E-state index is 0.486. The first-order valence-corrected chi connectivity index (χ1v) is 7.62. The Kier molecular flexibility index (Phi) is 5.52. The zero-order chi connectivity index (χ0) is 12.8. The lowest BCUT2D eigenvalue weighted by atomic mass is 9.83. The quantitative estimate of drug-likeness (QED) is 0.814. The Labute approximate surface area is 116 Å². The van der Waals surface area contributed by atoms with Gasteiger partial charge in [0.25, 0.3) is 0 Å². The van der Waals surface area contributed by atoms with Gasteiger partial charge in [0.1, 0.15) is 0 Å². The van der Waals surface area contributed by atoms with Gasteiger partial charge in [-0.2, -0.15) is 0 Å². The maximum atomic E-state index is 5.97. The second-order valence-electron chi connectivity index (χ2n) is 5.42. The lowest BCUT2D eigenvalue weighted by Gasteiger charge is -2.29. The van der Waals surface area contributed by atoms with E-state index in [9.17, 15) is 0 Å². The molecule has 1 N–H and O–H groups in total. The monoisotopic (exact) mass is 265 g/mol. The summed E-state index contributed by atoms with van der Waals surface area (Å²) >= 11 is 5.97. The zero-order valence-corrected chi connectivity index (χ0v) is 12.0. The van der Waals surface area contributed by atoms with Crippen LogP contribution >= 0.6 is 11.6 Å². The molecule has 1 unspecified atom stereocenters. The fourth-order valence-electron chi connectivity index (χ4n) is 3.17. The van der Waals surface area contributed by atoms with Crippen molar-refractivity contribution in [1.82, 2.24) is 5.32 Å². The summed E-state index contributed by atoms with van der Waals surface area (Å²) in [7, 11) is 2.08. The lowest BCUT2D eigenvalue weighted by molar-refractivity contribution is 0.299. The summed E-state index contributed by atoms with van der Waals surface area (Å²) in [6.45, 7) is 0. The van der Waals surface area contributed by atoms with E-state index in [1.54, 1.807) is 0 Å². The number of hydrogen-bond donors (Lipinski definition) is 1. The summed E-state index contributed by atoms with van der Waals surface area (Å²) in [5.41, 5.74) is 1.38. The fourth-order valence-corrected chi connectivity index (χ4v) is 3.29. The topological polar surface area (TPSA) is 12.0 Å². The van der Waals surface area contributed by atoms with Gasteiger partial charge in [-0.3, -0.25) is 0 Å². The third-order valence-electron chi connectivity index (χ3n) is 4.16. The Morgan fingerprint density at radius 2 is 1.56 bits per heavy atom. The van der Waals surface area contributed by atoms with Crippen molar-refractivity contribution in [2.75, 3.05) is 7.05 Å². The van der Waals surface area contributed by atoms with Gasteiger partial charge < -0.3 is 5.32 Å². The molecule has 2 rings (SSSR count). The number of halogens is 1. The third-order valence-corrected chi connectivity index (χ3v) is 4.41. The van der Waals surface area contributed by atoms with Gasteiger partial charge in [-0.25, -0.2) is 0 Å². The molecule has 1 aromatic rings. The number of nitrogens with one attached hydrogen (secondary N) is 1. The average Bonchev–Trinajstić information content (AvgIpc) is 2.34. The van der Waals surface area contributed by atoms with Crippen LogP contribution in [0.2, 0.25) is 5.02 Å². The fraction of sp³-hybridized carbons (Fsp3) is 0.625. The van der Waals surface area contributed by atoms with Crippen molar-refractivity contribution in [1.29, 1.82) is 0 Å². The predicted molar refractivity (Wildman–Crippen MR) is 79.1 cm³/mol. The highest BCUT2D eigenvalue weighted by Gasteiger charge is 2.22.